The number of anilines is 1. The first-order chi connectivity index (χ1) is 8.15. The third-order valence-electron chi connectivity index (χ3n) is 2.94. The molecule has 0 aliphatic carbocycles. The summed E-state index contributed by atoms with van der Waals surface area (Å²) in [5, 5.41) is 6.92. The van der Waals surface area contributed by atoms with E-state index < -0.39 is 0 Å². The molecule has 4 heteroatoms. The van der Waals surface area contributed by atoms with E-state index in [1.807, 2.05) is 16.8 Å². The molecule has 0 radical (unpaired) electrons. The Morgan fingerprint density at radius 2 is 1.82 bits per heavy atom. The first-order valence-electron chi connectivity index (χ1n) is 5.32. The van der Waals surface area contributed by atoms with Crippen molar-refractivity contribution in [1.82, 2.24) is 0 Å². The van der Waals surface area contributed by atoms with Crippen LogP contribution in [0.4, 0.5) is 5.69 Å². The first-order valence-corrected chi connectivity index (χ1v) is 7.08. The summed E-state index contributed by atoms with van der Waals surface area (Å²) in [7, 11) is 0. The van der Waals surface area contributed by atoms with E-state index in [0.717, 1.165) is 21.0 Å². The number of rotatable bonds is 0. The van der Waals surface area contributed by atoms with Gasteiger partial charge in [0.25, 0.3) is 5.91 Å². The van der Waals surface area contributed by atoms with Crippen molar-refractivity contribution in [3.63, 3.8) is 0 Å². The van der Waals surface area contributed by atoms with E-state index in [-0.39, 0.29) is 5.91 Å². The maximum Gasteiger partial charge on any atom is 0.257 e. The normalized spacial score (nSPS) is 13.6. The molecule has 2 heterocycles. The van der Waals surface area contributed by atoms with Crippen LogP contribution in [-0.2, 0) is 0 Å². The first kappa shape index (κ1) is 10.9. The summed E-state index contributed by atoms with van der Waals surface area (Å²) in [5.41, 5.74) is 4.16. The van der Waals surface area contributed by atoms with Gasteiger partial charge < -0.3 is 5.32 Å². The predicted molar refractivity (Wildman–Crippen MR) is 72.3 cm³/mol. The van der Waals surface area contributed by atoms with Crippen LogP contribution in [0.2, 0.25) is 0 Å². The van der Waals surface area contributed by atoms with Crippen LogP contribution in [0.15, 0.2) is 32.7 Å². The zero-order valence-electron chi connectivity index (χ0n) is 9.53. The Balaban J connectivity index is 2.18. The van der Waals surface area contributed by atoms with Gasteiger partial charge in [0.1, 0.15) is 0 Å². The van der Waals surface area contributed by atoms with E-state index >= 15 is 0 Å². The quantitative estimate of drug-likeness (QED) is 0.774. The molecular weight excluding hydrogens is 250 g/mol. The fourth-order valence-electron chi connectivity index (χ4n) is 1.81. The Hall–Kier alpha value is -1.26. The van der Waals surface area contributed by atoms with Gasteiger partial charge in [0.15, 0.2) is 0 Å². The maximum absolute atomic E-state index is 12.0. The molecule has 1 amide bonds. The van der Waals surface area contributed by atoms with E-state index in [0.29, 0.717) is 0 Å². The maximum atomic E-state index is 12.0. The van der Waals surface area contributed by atoms with Crippen molar-refractivity contribution in [2.24, 2.45) is 0 Å². The lowest BCUT2D eigenvalue weighted by molar-refractivity contribution is 0.102. The minimum atomic E-state index is -0.00393. The van der Waals surface area contributed by atoms with Crippen molar-refractivity contribution in [1.29, 1.82) is 0 Å². The van der Waals surface area contributed by atoms with Gasteiger partial charge in [-0.15, -0.1) is 0 Å². The molecule has 0 spiro atoms. The molecule has 1 N–H and O–H groups in total. The molecule has 86 valence electrons. The molecule has 2 aromatic rings. The second kappa shape index (κ2) is 3.89. The lowest BCUT2D eigenvalue weighted by atomic mass is 10.1. The van der Waals surface area contributed by atoms with Crippen LogP contribution in [0, 0.1) is 13.8 Å². The molecule has 17 heavy (non-hydrogen) atoms. The second-order valence-corrected chi connectivity index (χ2v) is 5.97. The van der Waals surface area contributed by atoms with Gasteiger partial charge in [0.2, 0.25) is 0 Å². The van der Waals surface area contributed by atoms with Crippen LogP contribution in [0.5, 0.6) is 0 Å². The van der Waals surface area contributed by atoms with E-state index in [4.69, 9.17) is 0 Å². The summed E-state index contributed by atoms with van der Waals surface area (Å²) in [5.74, 6) is -0.00393. The van der Waals surface area contributed by atoms with Crippen molar-refractivity contribution in [3.8, 4) is 0 Å². The highest BCUT2D eigenvalue weighted by atomic mass is 32.2. The van der Waals surface area contributed by atoms with Crippen LogP contribution in [0.25, 0.3) is 0 Å². The second-order valence-electron chi connectivity index (χ2n) is 4.14. The summed E-state index contributed by atoms with van der Waals surface area (Å²) in [6, 6.07) is 4.19. The molecule has 1 aromatic carbocycles. The molecule has 0 unspecified atom stereocenters. The molecule has 1 aliphatic heterocycles. The van der Waals surface area contributed by atoms with Gasteiger partial charge in [-0.2, -0.15) is 11.3 Å². The van der Waals surface area contributed by atoms with Crippen LogP contribution >= 0.6 is 23.1 Å². The zero-order valence-corrected chi connectivity index (χ0v) is 11.2. The number of aryl methyl sites for hydroxylation is 2. The summed E-state index contributed by atoms with van der Waals surface area (Å²) in [4.78, 5) is 14.2. The number of hydrogen-bond donors (Lipinski definition) is 1. The molecule has 0 saturated heterocycles. The molecule has 0 fully saturated rings. The third-order valence-corrected chi connectivity index (χ3v) is 4.94. The fraction of sp³-hybridized carbons (Fsp3) is 0.154. The minimum Gasteiger partial charge on any atom is -0.321 e. The lowest BCUT2D eigenvalue weighted by Gasteiger charge is -2.09. The summed E-state index contributed by atoms with van der Waals surface area (Å²) in [6.07, 6.45) is 0. The molecule has 0 saturated carbocycles. The van der Waals surface area contributed by atoms with Gasteiger partial charge in [-0.05, 0) is 37.1 Å². The third kappa shape index (κ3) is 1.77. The largest absolute Gasteiger partial charge is 0.321 e. The molecule has 0 atom stereocenters. The highest BCUT2D eigenvalue weighted by Crippen LogP contribution is 2.41. The molecule has 1 aliphatic rings. The highest BCUT2D eigenvalue weighted by molar-refractivity contribution is 7.99. The van der Waals surface area contributed by atoms with Crippen LogP contribution in [0.1, 0.15) is 21.5 Å². The molecule has 2 nitrogen and oxygen atoms in total. The SMILES string of the molecule is Cc1cc2c(cc1C)Sc1cscc1C(=O)N2. The monoisotopic (exact) mass is 261 g/mol. The average Bonchev–Trinajstić information content (AvgIpc) is 2.69. The van der Waals surface area contributed by atoms with Gasteiger partial charge in [-0.3, -0.25) is 4.79 Å². The number of fused-ring (bicyclic) bond motifs is 2. The Morgan fingerprint density at radius 1 is 1.06 bits per heavy atom. The summed E-state index contributed by atoms with van der Waals surface area (Å²) in [6.45, 7) is 4.16. The number of carbonyl (C=O) groups is 1. The van der Waals surface area contributed by atoms with Crippen LogP contribution < -0.4 is 5.32 Å². The fourth-order valence-corrected chi connectivity index (χ4v) is 3.89. The number of benzene rings is 1. The Morgan fingerprint density at radius 3 is 2.65 bits per heavy atom. The Bertz CT molecular complexity index is 616. The summed E-state index contributed by atoms with van der Waals surface area (Å²) < 4.78 is 0. The summed E-state index contributed by atoms with van der Waals surface area (Å²) >= 11 is 3.23. The minimum absolute atomic E-state index is 0.00393. The van der Waals surface area contributed by atoms with Crippen molar-refractivity contribution in [2.45, 2.75) is 23.6 Å². The standard InChI is InChI=1S/C13H11NOS2/c1-7-3-10-11(4-8(7)2)17-12-6-16-5-9(12)13(15)14-10/h3-6H,1-2H3,(H,14,15). The highest BCUT2D eigenvalue weighted by Gasteiger charge is 2.21. The van der Waals surface area contributed by atoms with Gasteiger partial charge in [0, 0.05) is 20.6 Å². The topological polar surface area (TPSA) is 29.1 Å². The Kier molecular flexibility index (Phi) is 2.49. The number of amides is 1. The van der Waals surface area contributed by atoms with Crippen molar-refractivity contribution < 1.29 is 4.79 Å². The van der Waals surface area contributed by atoms with Crippen molar-refractivity contribution in [2.75, 3.05) is 5.32 Å². The molecule has 1 aromatic heterocycles. The van der Waals surface area contributed by atoms with Gasteiger partial charge >= 0.3 is 0 Å². The molecular formula is C13H11NOS2. The van der Waals surface area contributed by atoms with Gasteiger partial charge in [0.05, 0.1) is 11.3 Å². The van der Waals surface area contributed by atoms with E-state index in [9.17, 15) is 4.79 Å². The van der Waals surface area contributed by atoms with Gasteiger partial charge in [-0.1, -0.05) is 11.8 Å². The smallest absolute Gasteiger partial charge is 0.257 e. The van der Waals surface area contributed by atoms with Crippen molar-refractivity contribution >= 4 is 34.7 Å². The van der Waals surface area contributed by atoms with E-state index in [2.05, 4.69) is 25.2 Å². The van der Waals surface area contributed by atoms with Crippen molar-refractivity contribution in [3.05, 3.63) is 39.6 Å². The zero-order chi connectivity index (χ0) is 12.0. The van der Waals surface area contributed by atoms with Gasteiger partial charge in [-0.25, -0.2) is 0 Å². The van der Waals surface area contributed by atoms with Crippen LogP contribution in [-0.4, -0.2) is 5.91 Å². The number of hydrogen-bond acceptors (Lipinski definition) is 3. The number of nitrogens with one attached hydrogen (secondary N) is 1. The number of carbonyl (C=O) groups excluding carboxylic acids is 1. The number of thiophene rings is 1. The van der Waals surface area contributed by atoms with E-state index in [1.54, 1.807) is 23.1 Å². The molecule has 3 rings (SSSR count). The van der Waals surface area contributed by atoms with Crippen LogP contribution in [0.3, 0.4) is 0 Å². The predicted octanol–water partition coefficient (Wildman–Crippen LogP) is 4.08. The average molecular weight is 261 g/mol. The van der Waals surface area contributed by atoms with E-state index in [1.165, 1.54) is 11.1 Å². The lowest BCUT2D eigenvalue weighted by Crippen LogP contribution is -2.10. The molecule has 0 bridgehead atoms. The Labute approximate surface area is 108 Å².